The number of ether oxygens (including phenoxy) is 2. The van der Waals surface area contributed by atoms with E-state index in [1.807, 2.05) is 6.07 Å². The molecule has 118 valence electrons. The SMILES string of the molecule is COc1cc2nc(-c3cccnc3)n(CC(=O)O)c2cc1OC. The van der Waals surface area contributed by atoms with Crippen LogP contribution in [0, 0.1) is 0 Å². The number of carboxylic acid groups (broad SMARTS) is 1. The maximum atomic E-state index is 11.3. The van der Waals surface area contributed by atoms with Gasteiger partial charge in [0.05, 0.1) is 25.3 Å². The number of aromatic nitrogens is 3. The number of carboxylic acids is 1. The van der Waals surface area contributed by atoms with Crippen molar-refractivity contribution in [1.82, 2.24) is 14.5 Å². The molecule has 2 heterocycles. The molecule has 0 aliphatic carbocycles. The molecule has 3 rings (SSSR count). The predicted molar refractivity (Wildman–Crippen MR) is 83.7 cm³/mol. The molecular weight excluding hydrogens is 298 g/mol. The van der Waals surface area contributed by atoms with Gasteiger partial charge in [-0.1, -0.05) is 0 Å². The maximum Gasteiger partial charge on any atom is 0.323 e. The lowest BCUT2D eigenvalue weighted by Gasteiger charge is -2.09. The number of nitrogens with zero attached hydrogens (tertiary/aromatic N) is 3. The van der Waals surface area contributed by atoms with Crippen LogP contribution in [0.1, 0.15) is 0 Å². The van der Waals surface area contributed by atoms with E-state index >= 15 is 0 Å². The zero-order valence-electron chi connectivity index (χ0n) is 12.7. The van der Waals surface area contributed by atoms with E-state index < -0.39 is 5.97 Å². The van der Waals surface area contributed by atoms with E-state index in [1.165, 1.54) is 7.11 Å². The van der Waals surface area contributed by atoms with Gasteiger partial charge in [-0.2, -0.15) is 0 Å². The molecule has 7 nitrogen and oxygen atoms in total. The molecular formula is C16H15N3O4. The highest BCUT2D eigenvalue weighted by Crippen LogP contribution is 2.34. The Labute approximate surface area is 132 Å². The Morgan fingerprint density at radius 1 is 1.26 bits per heavy atom. The van der Waals surface area contributed by atoms with Crippen molar-refractivity contribution in [2.24, 2.45) is 0 Å². The summed E-state index contributed by atoms with van der Waals surface area (Å²) >= 11 is 0. The van der Waals surface area contributed by atoms with Gasteiger partial charge >= 0.3 is 5.97 Å². The lowest BCUT2D eigenvalue weighted by Crippen LogP contribution is -2.10. The fraction of sp³-hybridized carbons (Fsp3) is 0.188. The molecule has 0 aliphatic rings. The van der Waals surface area contributed by atoms with Crippen LogP contribution >= 0.6 is 0 Å². The summed E-state index contributed by atoms with van der Waals surface area (Å²) in [5, 5.41) is 9.22. The predicted octanol–water partition coefficient (Wildman–Crippen LogP) is 2.20. The molecule has 0 spiro atoms. The van der Waals surface area contributed by atoms with Crippen LogP contribution in [0.4, 0.5) is 0 Å². The van der Waals surface area contributed by atoms with Gasteiger partial charge in [-0.15, -0.1) is 0 Å². The Balaban J connectivity index is 2.29. The Hall–Kier alpha value is -3.09. The van der Waals surface area contributed by atoms with Gasteiger partial charge in [-0.3, -0.25) is 9.78 Å². The van der Waals surface area contributed by atoms with Crippen LogP contribution in [-0.4, -0.2) is 39.8 Å². The van der Waals surface area contributed by atoms with Gasteiger partial charge in [-0.25, -0.2) is 4.98 Å². The number of hydrogen-bond acceptors (Lipinski definition) is 5. The van der Waals surface area contributed by atoms with Gasteiger partial charge in [0.2, 0.25) is 0 Å². The van der Waals surface area contributed by atoms with Crippen molar-refractivity contribution < 1.29 is 19.4 Å². The first kappa shape index (κ1) is 14.8. The van der Waals surface area contributed by atoms with E-state index in [0.717, 1.165) is 5.56 Å². The summed E-state index contributed by atoms with van der Waals surface area (Å²) in [7, 11) is 3.07. The van der Waals surface area contributed by atoms with Gasteiger partial charge in [0.1, 0.15) is 12.4 Å². The van der Waals surface area contributed by atoms with Crippen molar-refractivity contribution in [3.05, 3.63) is 36.7 Å². The first-order valence-electron chi connectivity index (χ1n) is 6.88. The molecule has 3 aromatic rings. The highest BCUT2D eigenvalue weighted by molar-refractivity contribution is 5.85. The molecule has 0 bridgehead atoms. The van der Waals surface area contributed by atoms with Gasteiger partial charge in [-0.05, 0) is 12.1 Å². The summed E-state index contributed by atoms with van der Waals surface area (Å²) in [6.07, 6.45) is 3.30. The normalized spacial score (nSPS) is 10.7. The summed E-state index contributed by atoms with van der Waals surface area (Å²) in [6.45, 7) is -0.212. The molecule has 7 heteroatoms. The van der Waals surface area contributed by atoms with Crippen LogP contribution < -0.4 is 9.47 Å². The van der Waals surface area contributed by atoms with Crippen molar-refractivity contribution in [2.75, 3.05) is 14.2 Å². The molecule has 0 fully saturated rings. The molecule has 0 saturated carbocycles. The van der Waals surface area contributed by atoms with E-state index in [2.05, 4.69) is 9.97 Å². The van der Waals surface area contributed by atoms with Crippen LogP contribution in [0.15, 0.2) is 36.7 Å². The molecule has 0 saturated heterocycles. The van der Waals surface area contributed by atoms with Gasteiger partial charge in [0.25, 0.3) is 0 Å². The number of methoxy groups -OCH3 is 2. The number of imidazole rings is 1. The first-order valence-corrected chi connectivity index (χ1v) is 6.88. The van der Waals surface area contributed by atoms with Gasteiger partial charge < -0.3 is 19.1 Å². The van der Waals surface area contributed by atoms with E-state index in [1.54, 1.807) is 42.3 Å². The quantitative estimate of drug-likeness (QED) is 0.777. The Morgan fingerprint density at radius 2 is 2.00 bits per heavy atom. The molecule has 0 unspecified atom stereocenters. The van der Waals surface area contributed by atoms with Gasteiger partial charge in [0.15, 0.2) is 11.5 Å². The van der Waals surface area contributed by atoms with E-state index in [0.29, 0.717) is 28.4 Å². The zero-order chi connectivity index (χ0) is 16.4. The average molecular weight is 313 g/mol. The second-order valence-corrected chi connectivity index (χ2v) is 4.85. The molecule has 0 amide bonds. The third kappa shape index (κ3) is 2.68. The third-order valence-corrected chi connectivity index (χ3v) is 3.47. The number of pyridine rings is 1. The minimum atomic E-state index is -0.954. The summed E-state index contributed by atoms with van der Waals surface area (Å²) in [6, 6.07) is 7.07. The number of benzene rings is 1. The molecule has 1 aromatic carbocycles. The van der Waals surface area contributed by atoms with Crippen molar-refractivity contribution in [3.8, 4) is 22.9 Å². The third-order valence-electron chi connectivity index (χ3n) is 3.47. The molecule has 0 aliphatic heterocycles. The smallest absolute Gasteiger partial charge is 0.323 e. The number of rotatable bonds is 5. The topological polar surface area (TPSA) is 86.5 Å². The fourth-order valence-corrected chi connectivity index (χ4v) is 2.46. The lowest BCUT2D eigenvalue weighted by molar-refractivity contribution is -0.137. The van der Waals surface area contributed by atoms with E-state index in [9.17, 15) is 9.90 Å². The maximum absolute atomic E-state index is 11.3. The molecule has 0 atom stereocenters. The standard InChI is InChI=1S/C16H15N3O4/c1-22-13-6-11-12(7-14(13)23-2)19(9-15(20)21)16(18-11)10-4-3-5-17-8-10/h3-8H,9H2,1-2H3,(H,20,21). The molecule has 2 aromatic heterocycles. The first-order chi connectivity index (χ1) is 11.1. The second-order valence-electron chi connectivity index (χ2n) is 4.85. The average Bonchev–Trinajstić information content (AvgIpc) is 2.91. The largest absolute Gasteiger partial charge is 0.493 e. The minimum absolute atomic E-state index is 0.212. The van der Waals surface area contributed by atoms with Crippen molar-refractivity contribution in [3.63, 3.8) is 0 Å². The molecule has 23 heavy (non-hydrogen) atoms. The fourth-order valence-electron chi connectivity index (χ4n) is 2.46. The van der Waals surface area contributed by atoms with Crippen LogP contribution in [0.2, 0.25) is 0 Å². The Morgan fingerprint density at radius 3 is 2.61 bits per heavy atom. The van der Waals surface area contributed by atoms with E-state index in [-0.39, 0.29) is 6.54 Å². The van der Waals surface area contributed by atoms with Crippen LogP contribution in [0.25, 0.3) is 22.4 Å². The molecule has 1 N–H and O–H groups in total. The van der Waals surface area contributed by atoms with Crippen LogP contribution in [0.3, 0.4) is 0 Å². The van der Waals surface area contributed by atoms with Crippen LogP contribution in [0.5, 0.6) is 11.5 Å². The summed E-state index contributed by atoms with van der Waals surface area (Å²) < 4.78 is 12.2. The number of carbonyl (C=O) groups is 1. The summed E-state index contributed by atoms with van der Waals surface area (Å²) in [5.74, 6) is 0.636. The van der Waals surface area contributed by atoms with Crippen molar-refractivity contribution in [2.45, 2.75) is 6.54 Å². The summed E-state index contributed by atoms with van der Waals surface area (Å²) in [4.78, 5) is 19.9. The Kier molecular flexibility index (Phi) is 3.84. The zero-order valence-corrected chi connectivity index (χ0v) is 12.7. The van der Waals surface area contributed by atoms with Crippen LogP contribution in [-0.2, 0) is 11.3 Å². The van der Waals surface area contributed by atoms with Gasteiger partial charge in [0, 0.05) is 30.1 Å². The highest BCUT2D eigenvalue weighted by atomic mass is 16.5. The van der Waals surface area contributed by atoms with E-state index in [4.69, 9.17) is 9.47 Å². The number of aliphatic carboxylic acids is 1. The monoisotopic (exact) mass is 313 g/mol. The second kappa shape index (κ2) is 5.96. The highest BCUT2D eigenvalue weighted by Gasteiger charge is 2.18. The Bertz CT molecular complexity index is 859. The van der Waals surface area contributed by atoms with Crippen molar-refractivity contribution >= 4 is 17.0 Å². The lowest BCUT2D eigenvalue weighted by atomic mass is 10.2. The minimum Gasteiger partial charge on any atom is -0.493 e. The molecule has 0 radical (unpaired) electrons. The number of hydrogen-bond donors (Lipinski definition) is 1. The van der Waals surface area contributed by atoms with Crippen molar-refractivity contribution in [1.29, 1.82) is 0 Å². The summed E-state index contributed by atoms with van der Waals surface area (Å²) in [5.41, 5.74) is 2.02. The number of fused-ring (bicyclic) bond motifs is 1.